The second-order valence-corrected chi connectivity index (χ2v) is 3.32. The van der Waals surface area contributed by atoms with Crippen LogP contribution >= 0.6 is 11.6 Å². The summed E-state index contributed by atoms with van der Waals surface area (Å²) in [5.41, 5.74) is 0. The number of methoxy groups -OCH3 is 1. The molecule has 0 aromatic rings. The normalized spacial score (nSPS) is 33.0. The summed E-state index contributed by atoms with van der Waals surface area (Å²) >= 11 is 5.65. The van der Waals surface area contributed by atoms with Crippen molar-refractivity contribution in [2.75, 3.05) is 13.0 Å². The summed E-state index contributed by atoms with van der Waals surface area (Å²) in [4.78, 5) is 0. The van der Waals surface area contributed by atoms with E-state index in [0.29, 0.717) is 6.10 Å². The van der Waals surface area contributed by atoms with E-state index < -0.39 is 0 Å². The van der Waals surface area contributed by atoms with Crippen molar-refractivity contribution in [2.45, 2.75) is 31.8 Å². The quantitative estimate of drug-likeness (QED) is 0.580. The van der Waals surface area contributed by atoms with E-state index in [-0.39, 0.29) is 0 Å². The minimum Gasteiger partial charge on any atom is -0.381 e. The van der Waals surface area contributed by atoms with Gasteiger partial charge in [0.25, 0.3) is 0 Å². The van der Waals surface area contributed by atoms with E-state index in [4.69, 9.17) is 16.3 Å². The van der Waals surface area contributed by atoms with E-state index in [1.54, 1.807) is 7.11 Å². The third-order valence-corrected chi connectivity index (χ3v) is 2.59. The predicted octanol–water partition coefficient (Wildman–Crippen LogP) is 2.43. The molecule has 1 saturated carbocycles. The van der Waals surface area contributed by atoms with Crippen LogP contribution in [-0.2, 0) is 4.74 Å². The van der Waals surface area contributed by atoms with Gasteiger partial charge in [-0.3, -0.25) is 0 Å². The number of hydrogen-bond acceptors (Lipinski definition) is 1. The van der Waals surface area contributed by atoms with Crippen molar-refractivity contribution >= 4 is 11.6 Å². The number of hydrogen-bond donors (Lipinski definition) is 0. The Labute approximate surface area is 67.7 Å². The van der Waals surface area contributed by atoms with E-state index in [0.717, 1.165) is 18.2 Å². The van der Waals surface area contributed by atoms with Crippen LogP contribution in [0.4, 0.5) is 0 Å². The van der Waals surface area contributed by atoms with Crippen LogP contribution < -0.4 is 0 Å². The number of alkyl halides is 1. The molecule has 0 radical (unpaired) electrons. The molecule has 0 amide bonds. The van der Waals surface area contributed by atoms with Crippen molar-refractivity contribution in [1.29, 1.82) is 0 Å². The molecule has 1 aliphatic carbocycles. The molecule has 2 unspecified atom stereocenters. The van der Waals surface area contributed by atoms with E-state index in [9.17, 15) is 0 Å². The first-order valence-corrected chi connectivity index (χ1v) is 4.50. The van der Waals surface area contributed by atoms with Gasteiger partial charge < -0.3 is 4.74 Å². The lowest BCUT2D eigenvalue weighted by molar-refractivity contribution is 0.0702. The molecule has 0 bridgehead atoms. The van der Waals surface area contributed by atoms with Gasteiger partial charge in [-0.1, -0.05) is 6.42 Å². The van der Waals surface area contributed by atoms with E-state index in [2.05, 4.69) is 0 Å². The van der Waals surface area contributed by atoms with Crippen LogP contribution in [0.1, 0.15) is 25.7 Å². The molecule has 60 valence electrons. The topological polar surface area (TPSA) is 9.23 Å². The number of ether oxygens (including phenoxy) is 1. The molecule has 0 heterocycles. The maximum absolute atomic E-state index is 5.65. The van der Waals surface area contributed by atoms with Crippen molar-refractivity contribution < 1.29 is 4.74 Å². The zero-order valence-corrected chi connectivity index (χ0v) is 7.23. The van der Waals surface area contributed by atoms with Crippen molar-refractivity contribution in [1.82, 2.24) is 0 Å². The lowest BCUT2D eigenvalue weighted by atomic mass is 10.0. The van der Waals surface area contributed by atoms with Crippen LogP contribution in [0.3, 0.4) is 0 Å². The molecule has 0 aromatic heterocycles. The lowest BCUT2D eigenvalue weighted by Crippen LogP contribution is -2.16. The molecule has 10 heavy (non-hydrogen) atoms. The van der Waals surface area contributed by atoms with Crippen molar-refractivity contribution in [3.63, 3.8) is 0 Å². The van der Waals surface area contributed by atoms with Crippen molar-refractivity contribution in [3.8, 4) is 0 Å². The Balaban J connectivity index is 2.27. The highest BCUT2D eigenvalue weighted by Crippen LogP contribution is 2.30. The average Bonchev–Trinajstić information content (AvgIpc) is 2.36. The Kier molecular flexibility index (Phi) is 3.50. The minimum absolute atomic E-state index is 0.499. The fourth-order valence-corrected chi connectivity index (χ4v) is 2.06. The summed E-state index contributed by atoms with van der Waals surface area (Å²) in [6.07, 6.45) is 5.49. The molecule has 2 atom stereocenters. The molecule has 1 rings (SSSR count). The van der Waals surface area contributed by atoms with Crippen molar-refractivity contribution in [3.05, 3.63) is 0 Å². The highest BCUT2D eigenvalue weighted by atomic mass is 35.5. The first kappa shape index (κ1) is 8.35. The maximum atomic E-state index is 5.65. The van der Waals surface area contributed by atoms with Crippen LogP contribution in [-0.4, -0.2) is 19.1 Å². The molecule has 2 heteroatoms. The van der Waals surface area contributed by atoms with Crippen LogP contribution in [0.5, 0.6) is 0 Å². The van der Waals surface area contributed by atoms with Crippen LogP contribution in [0.15, 0.2) is 0 Å². The van der Waals surface area contributed by atoms with Gasteiger partial charge in [0, 0.05) is 13.0 Å². The van der Waals surface area contributed by atoms with Gasteiger partial charge in [-0.15, -0.1) is 11.6 Å². The first-order chi connectivity index (χ1) is 4.88. The fraction of sp³-hybridized carbons (Fsp3) is 1.00. The van der Waals surface area contributed by atoms with Gasteiger partial charge in [-0.05, 0) is 25.2 Å². The smallest absolute Gasteiger partial charge is 0.0599 e. The standard InChI is InChI=1S/C8H15ClO/c1-10-8-4-2-3-7(8)5-6-9/h7-8H,2-6H2,1H3. The van der Waals surface area contributed by atoms with Gasteiger partial charge >= 0.3 is 0 Å². The van der Waals surface area contributed by atoms with Crippen LogP contribution in [0.2, 0.25) is 0 Å². The monoisotopic (exact) mass is 162 g/mol. The van der Waals surface area contributed by atoms with Gasteiger partial charge in [0.05, 0.1) is 6.10 Å². The van der Waals surface area contributed by atoms with Crippen LogP contribution in [0, 0.1) is 5.92 Å². The fourth-order valence-electron chi connectivity index (χ4n) is 1.78. The summed E-state index contributed by atoms with van der Waals surface area (Å²) < 4.78 is 5.32. The summed E-state index contributed by atoms with van der Waals surface area (Å²) in [6.45, 7) is 0. The lowest BCUT2D eigenvalue weighted by Gasteiger charge is -2.15. The van der Waals surface area contributed by atoms with Crippen molar-refractivity contribution in [2.24, 2.45) is 5.92 Å². The summed E-state index contributed by atoms with van der Waals surface area (Å²) in [5.74, 6) is 1.52. The average molecular weight is 163 g/mol. The van der Waals surface area contributed by atoms with E-state index in [1.165, 1.54) is 19.3 Å². The Morgan fingerprint density at radius 2 is 2.30 bits per heavy atom. The molecule has 0 N–H and O–H groups in total. The Hall–Kier alpha value is 0.250. The summed E-state index contributed by atoms with van der Waals surface area (Å²) in [6, 6.07) is 0. The van der Waals surface area contributed by atoms with Gasteiger partial charge in [-0.2, -0.15) is 0 Å². The number of rotatable bonds is 3. The summed E-state index contributed by atoms with van der Waals surface area (Å²) in [5, 5.41) is 0. The molecule has 0 saturated heterocycles. The molecule has 1 nitrogen and oxygen atoms in total. The highest BCUT2D eigenvalue weighted by molar-refractivity contribution is 6.17. The molecule has 0 aliphatic heterocycles. The minimum atomic E-state index is 0.499. The zero-order chi connectivity index (χ0) is 7.40. The zero-order valence-electron chi connectivity index (χ0n) is 6.48. The molecule has 0 aromatic carbocycles. The van der Waals surface area contributed by atoms with Gasteiger partial charge in [0.2, 0.25) is 0 Å². The largest absolute Gasteiger partial charge is 0.381 e. The van der Waals surface area contributed by atoms with E-state index in [1.807, 2.05) is 0 Å². The van der Waals surface area contributed by atoms with E-state index >= 15 is 0 Å². The molecular weight excluding hydrogens is 148 g/mol. The van der Waals surface area contributed by atoms with Crippen LogP contribution in [0.25, 0.3) is 0 Å². The van der Waals surface area contributed by atoms with Gasteiger partial charge in [0.1, 0.15) is 0 Å². The first-order valence-electron chi connectivity index (χ1n) is 3.97. The number of halogens is 1. The third-order valence-electron chi connectivity index (χ3n) is 2.37. The van der Waals surface area contributed by atoms with Gasteiger partial charge in [0.15, 0.2) is 0 Å². The second-order valence-electron chi connectivity index (χ2n) is 2.94. The predicted molar refractivity (Wildman–Crippen MR) is 43.5 cm³/mol. The maximum Gasteiger partial charge on any atom is 0.0599 e. The Morgan fingerprint density at radius 3 is 2.90 bits per heavy atom. The summed E-state index contributed by atoms with van der Waals surface area (Å²) in [7, 11) is 1.80. The molecular formula is C8H15ClO. The highest BCUT2D eigenvalue weighted by Gasteiger charge is 2.25. The molecule has 1 aliphatic rings. The Bertz CT molecular complexity index is 95.3. The third kappa shape index (κ3) is 1.86. The van der Waals surface area contributed by atoms with Gasteiger partial charge in [-0.25, -0.2) is 0 Å². The molecule has 0 spiro atoms. The molecule has 1 fully saturated rings. The SMILES string of the molecule is COC1CCCC1CCCl. The Morgan fingerprint density at radius 1 is 1.50 bits per heavy atom. The second kappa shape index (κ2) is 4.20.